The molecule has 16 N–H and O–H groups in total. The van der Waals surface area contributed by atoms with E-state index in [0.29, 0.717) is 0 Å². The van der Waals surface area contributed by atoms with Crippen LogP contribution in [0, 0.1) is 5.92 Å². The summed E-state index contributed by atoms with van der Waals surface area (Å²) in [5.41, 5.74) is 0. The van der Waals surface area contributed by atoms with Crippen LogP contribution in [0.2, 0.25) is 0 Å². The molecule has 7 aliphatic rings. The zero-order valence-electron chi connectivity index (χ0n) is 58.0. The quantitative estimate of drug-likeness (QED) is 0.0119. The third kappa shape index (κ3) is 26.1. The summed E-state index contributed by atoms with van der Waals surface area (Å²) in [6.07, 6.45) is -14.9. The van der Waals surface area contributed by atoms with Crippen LogP contribution in [0.25, 0.3) is 0 Å². The molecule has 34 heteroatoms. The average Bonchev–Trinajstić information content (AvgIpc) is 0.758. The molecule has 0 aliphatic carbocycles. The van der Waals surface area contributed by atoms with Crippen LogP contribution in [0.3, 0.4) is 0 Å². The summed E-state index contributed by atoms with van der Waals surface area (Å²) >= 11 is 0. The van der Waals surface area contributed by atoms with Crippen molar-refractivity contribution in [3.05, 3.63) is 0 Å². The maximum Gasteiger partial charge on any atom is 1.00 e. The summed E-state index contributed by atoms with van der Waals surface area (Å²) in [6.45, 7) is 0.289. The maximum atomic E-state index is 13.5. The Morgan fingerprint density at radius 2 is 1.01 bits per heavy atom. The van der Waals surface area contributed by atoms with Crippen LogP contribution >= 0.6 is 0 Å². The average molecular weight is 1460 g/mol. The van der Waals surface area contributed by atoms with Crippen molar-refractivity contribution in [3.63, 3.8) is 0 Å². The number of rotatable bonds is 47. The molecule has 7 aliphatic heterocycles. The third-order valence-electron chi connectivity index (χ3n) is 19.6. The minimum atomic E-state index is -5.64. The first kappa shape index (κ1) is 88.5. The number of piperidine rings is 1. The van der Waals surface area contributed by atoms with E-state index in [2.05, 4.69) is 28.7 Å². The Morgan fingerprint density at radius 3 is 1.47 bits per heavy atom. The van der Waals surface area contributed by atoms with Gasteiger partial charge < -0.3 is 134 Å². The van der Waals surface area contributed by atoms with Crippen molar-refractivity contribution in [1.82, 2.24) is 10.6 Å². The summed E-state index contributed by atoms with van der Waals surface area (Å²) in [4.78, 5) is 26.4. The van der Waals surface area contributed by atoms with Crippen LogP contribution < -0.4 is 40.2 Å². The number of fused-ring (bicyclic) bond motifs is 3. The second kappa shape index (κ2) is 44.9. The van der Waals surface area contributed by atoms with Crippen molar-refractivity contribution >= 4 is 22.2 Å². The molecule has 574 valence electrons. The van der Waals surface area contributed by atoms with E-state index in [1.54, 1.807) is 0 Å². The van der Waals surface area contributed by atoms with Gasteiger partial charge in [0.2, 0.25) is 16.3 Å². The van der Waals surface area contributed by atoms with Crippen LogP contribution in [0.5, 0.6) is 0 Å². The fraction of sp³-hybridized carbons (Fsp3) is 0.969. The number of aliphatic hydroxyl groups is 14. The maximum absolute atomic E-state index is 13.5. The molecule has 2 amide bonds. The Kier molecular flexibility index (Phi) is 40.1. The van der Waals surface area contributed by atoms with E-state index in [1.807, 2.05) is 0 Å². The van der Waals surface area contributed by atoms with Gasteiger partial charge in [-0.05, 0) is 18.8 Å². The molecular formula is C65H117N2NaO30S. The van der Waals surface area contributed by atoms with E-state index in [1.165, 1.54) is 116 Å². The van der Waals surface area contributed by atoms with E-state index >= 15 is 0 Å². The predicted molar refractivity (Wildman–Crippen MR) is 341 cm³/mol. The number of aliphatic hydroxyl groups excluding tert-OH is 14. The Labute approximate surface area is 603 Å². The second-order valence-electron chi connectivity index (χ2n) is 27.4. The number of carbonyl (C=O) groups is 2. The Hall–Kier alpha value is -1.15. The van der Waals surface area contributed by atoms with Gasteiger partial charge in [-0.1, -0.05) is 168 Å². The van der Waals surface area contributed by atoms with Gasteiger partial charge in [-0.15, -0.1) is 0 Å². The summed E-state index contributed by atoms with van der Waals surface area (Å²) in [7, 11) is -5.64. The van der Waals surface area contributed by atoms with Crippen LogP contribution in [0.15, 0.2) is 0 Å². The number of nitrogens with one attached hydrogen (secondary N) is 2. The molecule has 7 rings (SSSR count). The molecule has 0 unspecified atom stereocenters. The Morgan fingerprint density at radius 1 is 0.576 bits per heavy atom. The number of morpholine rings is 1. The predicted octanol–water partition coefficient (Wildman–Crippen LogP) is -4.21. The standard InChI is InChI=1S/C65H118N2O30S.Na/c1-4-6-8-10-12-14-16-18-20-22-24-26-28-38(29-27-25-23-21-19-17-15-13-11-9-7-5-2)35-87-61-52(80)51(79)55(43(34-71)91-61)93-62-53(81)58(48(76)41(32-69)89-62)95-60-46(66-37(3)72)50(78)56(44(92-60)36-88-98(84,85)86)94-63-54(82)59(49(77)42(33-70)90-63)97-65-30-39(73)45(67-64(65)83)57(96-65)47(75)40(74)31-68;/h38-63,68-71,73-82H,4-36H2,1-3H3,(H,66,72)(H,67,83)(H,84,85,86);/q;+1/p-1/t39-,40+,41+,42+,43+,44+,45+,46+,47+,48-,49-,50+,51+,52+,53+,54+,55+,56+,57+,58-,59-,60-,61+,62-,63-,65-;/m0./s1. The molecular weight excluding hydrogens is 1340 g/mol. The molecule has 7 heterocycles. The van der Waals surface area contributed by atoms with Crippen LogP contribution in [0.4, 0.5) is 0 Å². The number of unbranched alkanes of at least 4 members (excludes halogenated alkanes) is 22. The first-order valence-electron chi connectivity index (χ1n) is 35.9. The number of hydrogen-bond donors (Lipinski definition) is 16. The number of hydrogen-bond acceptors (Lipinski definition) is 30. The zero-order chi connectivity index (χ0) is 71.7. The van der Waals surface area contributed by atoms with Crippen molar-refractivity contribution in [2.45, 2.75) is 353 Å². The van der Waals surface area contributed by atoms with Crippen LogP contribution in [-0.2, 0) is 71.5 Å². The molecule has 2 bridgehead atoms. The molecule has 0 saturated carbocycles. The van der Waals surface area contributed by atoms with E-state index < -0.39 is 221 Å². The summed E-state index contributed by atoms with van der Waals surface area (Å²) < 4.78 is 99.9. The Balaban J connectivity index is 0.0000177. The van der Waals surface area contributed by atoms with Gasteiger partial charge in [0.1, 0.15) is 116 Å². The van der Waals surface area contributed by atoms with Gasteiger partial charge >= 0.3 is 29.6 Å². The first-order valence-corrected chi connectivity index (χ1v) is 37.2. The fourth-order valence-electron chi connectivity index (χ4n) is 13.9. The summed E-state index contributed by atoms with van der Waals surface area (Å²) in [5.74, 6) is -4.62. The van der Waals surface area contributed by atoms with Crippen molar-refractivity contribution in [1.29, 1.82) is 0 Å². The van der Waals surface area contributed by atoms with Gasteiger partial charge in [0.05, 0.1) is 51.8 Å². The fourth-order valence-corrected chi connectivity index (χ4v) is 14.2. The van der Waals surface area contributed by atoms with E-state index in [-0.39, 0.29) is 42.1 Å². The molecule has 0 spiro atoms. The molecule has 99 heavy (non-hydrogen) atoms. The molecule has 7 saturated heterocycles. The van der Waals surface area contributed by atoms with Crippen molar-refractivity contribution in [2.24, 2.45) is 5.92 Å². The first-order chi connectivity index (χ1) is 46.9. The molecule has 0 aromatic heterocycles. The molecule has 0 aromatic carbocycles. The molecule has 7 fully saturated rings. The Bertz CT molecular complexity index is 2340. The minimum absolute atomic E-state index is 0. The minimum Gasteiger partial charge on any atom is -0.726 e. The third-order valence-corrected chi connectivity index (χ3v) is 20.1. The topological polar surface area (TPSA) is 500 Å². The summed E-state index contributed by atoms with van der Waals surface area (Å²) in [5, 5.41) is 160. The number of ether oxygens (including phenoxy) is 10. The number of carbonyl (C=O) groups excluding carboxylic acids is 2. The molecule has 32 nitrogen and oxygen atoms in total. The van der Waals surface area contributed by atoms with Gasteiger partial charge in [-0.25, -0.2) is 8.42 Å². The van der Waals surface area contributed by atoms with Gasteiger partial charge in [-0.3, -0.25) is 13.8 Å². The van der Waals surface area contributed by atoms with Crippen molar-refractivity contribution < 1.29 is 175 Å². The normalized spacial score (nSPS) is 36.4. The molecule has 0 aromatic rings. The van der Waals surface area contributed by atoms with Crippen LogP contribution in [0.1, 0.15) is 194 Å². The van der Waals surface area contributed by atoms with Gasteiger partial charge in [0, 0.05) is 13.3 Å². The largest absolute Gasteiger partial charge is 1.00 e. The van der Waals surface area contributed by atoms with E-state index in [0.717, 1.165) is 58.3 Å². The SMILES string of the molecule is CCCCCCCCCCCCCCC(CCCCCCCCCCCCCC)CO[C@@H]1O[C@H](CO)[C@@H](O[C@@H]2O[C@H](CO)[C@H](O)[C@H](O[C@@H]3O[C@H](COS(=O)(=O)[O-])[C@@H](O[C@@H]4O[C@H](CO)[C@H](O)[C@H](O[C@@]56C[C@H](O)[C@@H](NC5=O)[C@H]([C@H](O)[C@H](O)CO)O6)[C@H]4O)[C@H](O)[C@H]3NC(C)=O)[C@H]2O)[C@H](O)[C@H]1O.[Na+]. The zero-order valence-corrected chi connectivity index (χ0v) is 60.9. The van der Waals surface area contributed by atoms with Gasteiger partial charge in [0.15, 0.2) is 25.2 Å². The smallest absolute Gasteiger partial charge is 0.726 e. The van der Waals surface area contributed by atoms with Crippen LogP contribution in [-0.4, -0.2) is 295 Å². The van der Waals surface area contributed by atoms with Gasteiger partial charge in [0.25, 0.3) is 11.7 Å². The van der Waals surface area contributed by atoms with Crippen molar-refractivity contribution in [2.75, 3.05) is 39.6 Å². The molecule has 26 atom stereocenters. The van der Waals surface area contributed by atoms with E-state index in [9.17, 15) is 94.1 Å². The van der Waals surface area contributed by atoms with Gasteiger partial charge in [-0.2, -0.15) is 0 Å². The monoisotopic (exact) mass is 1460 g/mol. The number of amides is 2. The van der Waals surface area contributed by atoms with Crippen molar-refractivity contribution in [3.8, 4) is 0 Å². The summed E-state index contributed by atoms with van der Waals surface area (Å²) in [6, 6.07) is -3.30. The molecule has 0 radical (unpaired) electrons. The second-order valence-corrected chi connectivity index (χ2v) is 28.4. The van der Waals surface area contributed by atoms with E-state index in [4.69, 9.17) is 47.4 Å².